The largest absolute Gasteiger partial charge is 0.434 e. The van der Waals surface area contributed by atoms with Crippen molar-refractivity contribution in [3.63, 3.8) is 0 Å². The summed E-state index contributed by atoms with van der Waals surface area (Å²) >= 11 is 0. The number of ether oxygens (including phenoxy) is 1. The van der Waals surface area contributed by atoms with Gasteiger partial charge in [0.15, 0.2) is 7.29 Å². The highest BCUT2D eigenvalue weighted by atomic mass is 31.2. The van der Waals surface area contributed by atoms with Gasteiger partial charge in [0.25, 0.3) is 5.91 Å². The fraction of sp³-hybridized carbons (Fsp3) is 0.259. The summed E-state index contributed by atoms with van der Waals surface area (Å²) in [7, 11) is -0.695. The number of nitrogens with zero attached hydrogens (tertiary/aromatic N) is 3. The third kappa shape index (κ3) is 3.98. The van der Waals surface area contributed by atoms with E-state index in [4.69, 9.17) is 9.72 Å². The van der Waals surface area contributed by atoms with Gasteiger partial charge in [-0.15, -0.1) is 0 Å². The van der Waals surface area contributed by atoms with Crippen LogP contribution in [0.1, 0.15) is 40.3 Å². The van der Waals surface area contributed by atoms with Gasteiger partial charge in [-0.05, 0) is 47.5 Å². The molecule has 3 heterocycles. The molecule has 190 valence electrons. The van der Waals surface area contributed by atoms with E-state index in [-0.39, 0.29) is 23.7 Å². The summed E-state index contributed by atoms with van der Waals surface area (Å²) in [6.45, 7) is 0.348. The number of amides is 1. The monoisotopic (exact) mass is 522 g/mol. The van der Waals surface area contributed by atoms with Gasteiger partial charge in [-0.1, -0.05) is 24.3 Å². The minimum atomic E-state index is -3.00. The van der Waals surface area contributed by atoms with Crippen LogP contribution in [-0.4, -0.2) is 47.3 Å². The van der Waals surface area contributed by atoms with Crippen molar-refractivity contribution in [3.05, 3.63) is 77.6 Å². The second kappa shape index (κ2) is 8.42. The molecule has 0 unspecified atom stereocenters. The molecule has 3 aromatic carbocycles. The zero-order chi connectivity index (χ0) is 26.1. The molecule has 10 heteroatoms. The highest BCUT2D eigenvalue weighted by molar-refractivity contribution is 7.63. The number of benzene rings is 3. The van der Waals surface area contributed by atoms with Crippen molar-refractivity contribution in [2.75, 3.05) is 25.5 Å². The number of aromatic nitrogens is 2. The third-order valence-electron chi connectivity index (χ3n) is 7.02. The van der Waals surface area contributed by atoms with Crippen LogP contribution in [-0.2, 0) is 4.57 Å². The molecule has 1 amide bonds. The number of rotatable bonds is 5. The Labute approximate surface area is 212 Å². The van der Waals surface area contributed by atoms with E-state index in [1.807, 2.05) is 42.5 Å². The Bertz CT molecular complexity index is 1600. The Morgan fingerprint density at radius 1 is 1.05 bits per heavy atom. The first kappa shape index (κ1) is 23.7. The Kier molecular flexibility index (Phi) is 5.38. The highest BCUT2D eigenvalue weighted by Crippen LogP contribution is 2.50. The number of fused-ring (bicyclic) bond motifs is 9. The minimum absolute atomic E-state index is 0.0120. The molecule has 0 saturated heterocycles. The summed E-state index contributed by atoms with van der Waals surface area (Å²) < 4.78 is 45.6. The molecule has 1 aromatic heterocycles. The van der Waals surface area contributed by atoms with Crippen molar-refractivity contribution in [3.8, 4) is 16.9 Å². The number of alkyl halides is 2. The van der Waals surface area contributed by atoms with Crippen molar-refractivity contribution in [2.24, 2.45) is 0 Å². The van der Waals surface area contributed by atoms with Crippen LogP contribution in [0.5, 0.6) is 5.75 Å². The molecular formula is C27H25F2N4O3P. The molecule has 37 heavy (non-hydrogen) atoms. The first-order chi connectivity index (χ1) is 17.6. The van der Waals surface area contributed by atoms with Gasteiger partial charge < -0.3 is 23.9 Å². The average Bonchev–Trinajstić information content (AvgIpc) is 3.36. The van der Waals surface area contributed by atoms with Gasteiger partial charge in [0.1, 0.15) is 11.6 Å². The Morgan fingerprint density at radius 3 is 2.49 bits per heavy atom. The maximum atomic E-state index is 13.3. The molecule has 6 rings (SSSR count). The van der Waals surface area contributed by atoms with E-state index in [2.05, 4.69) is 9.65 Å². The Morgan fingerprint density at radius 2 is 1.78 bits per heavy atom. The number of carbonyl (C=O) groups is 1. The van der Waals surface area contributed by atoms with Crippen LogP contribution in [0.4, 0.5) is 14.5 Å². The summed E-state index contributed by atoms with van der Waals surface area (Å²) in [5.41, 5.74) is 5.16. The molecule has 1 N–H and O–H groups in total. The Balaban J connectivity index is 1.49. The van der Waals surface area contributed by atoms with Gasteiger partial charge in [-0.2, -0.15) is 8.78 Å². The number of imidazole rings is 1. The zero-order valence-electron chi connectivity index (χ0n) is 20.5. The average molecular weight is 522 g/mol. The minimum Gasteiger partial charge on any atom is -0.434 e. The molecule has 2 bridgehead atoms. The van der Waals surface area contributed by atoms with E-state index in [0.717, 1.165) is 33.7 Å². The van der Waals surface area contributed by atoms with Crippen molar-refractivity contribution in [1.29, 1.82) is 0 Å². The lowest BCUT2D eigenvalue weighted by molar-refractivity contribution is -0.0507. The fourth-order valence-electron chi connectivity index (χ4n) is 5.51. The van der Waals surface area contributed by atoms with Crippen LogP contribution in [0.3, 0.4) is 0 Å². The molecule has 2 atom stereocenters. The maximum Gasteiger partial charge on any atom is 0.387 e. The second-order valence-corrected chi connectivity index (χ2v) is 12.8. The summed E-state index contributed by atoms with van der Waals surface area (Å²) in [4.78, 5) is 19.8. The second-order valence-electron chi connectivity index (χ2n) is 9.86. The highest BCUT2D eigenvalue weighted by Gasteiger charge is 2.45. The SMILES string of the molecule is CN1C(=O)c2cccc(OC(F)F)c2[C@H]2C[C@@H]1c1nc3ccc(-c4ccc(NP(C)(C)=O)cc4)cc3n12. The fourth-order valence-corrected chi connectivity index (χ4v) is 6.28. The van der Waals surface area contributed by atoms with Crippen molar-refractivity contribution in [1.82, 2.24) is 14.5 Å². The predicted molar refractivity (Wildman–Crippen MR) is 139 cm³/mol. The van der Waals surface area contributed by atoms with Gasteiger partial charge >= 0.3 is 6.61 Å². The summed E-state index contributed by atoms with van der Waals surface area (Å²) in [6.07, 6.45) is 0.524. The third-order valence-corrected chi connectivity index (χ3v) is 7.82. The van der Waals surface area contributed by atoms with Crippen molar-refractivity contribution < 1.29 is 22.9 Å². The molecule has 0 fully saturated rings. The van der Waals surface area contributed by atoms with Crippen molar-refractivity contribution in [2.45, 2.75) is 25.1 Å². The van der Waals surface area contributed by atoms with Gasteiger partial charge in [0.2, 0.25) is 0 Å². The van der Waals surface area contributed by atoms with E-state index >= 15 is 0 Å². The number of carbonyl (C=O) groups excluding carboxylic acids is 1. The van der Waals surface area contributed by atoms with Crippen LogP contribution in [0.25, 0.3) is 22.2 Å². The van der Waals surface area contributed by atoms with E-state index in [0.29, 0.717) is 17.5 Å². The topological polar surface area (TPSA) is 76.5 Å². The lowest BCUT2D eigenvalue weighted by atomic mass is 9.97. The molecule has 2 aliphatic heterocycles. The molecule has 0 spiro atoms. The van der Waals surface area contributed by atoms with Gasteiger partial charge in [0.05, 0.1) is 23.1 Å². The van der Waals surface area contributed by atoms with Crippen molar-refractivity contribution >= 4 is 29.9 Å². The smallest absolute Gasteiger partial charge is 0.387 e. The zero-order valence-corrected chi connectivity index (χ0v) is 21.4. The van der Waals surface area contributed by atoms with Gasteiger partial charge in [0, 0.05) is 43.6 Å². The lowest BCUT2D eigenvalue weighted by Gasteiger charge is -2.24. The summed E-state index contributed by atoms with van der Waals surface area (Å²) in [6, 6.07) is 17.7. The molecule has 0 aliphatic carbocycles. The first-order valence-electron chi connectivity index (χ1n) is 11.9. The number of nitrogens with one attached hydrogen (secondary N) is 1. The number of hydrogen-bond acceptors (Lipinski definition) is 4. The van der Waals surface area contributed by atoms with Gasteiger partial charge in [-0.25, -0.2) is 4.98 Å². The van der Waals surface area contributed by atoms with Crippen LogP contribution in [0, 0.1) is 0 Å². The number of anilines is 1. The molecule has 0 radical (unpaired) electrons. The van der Waals surface area contributed by atoms with Gasteiger partial charge in [-0.3, -0.25) is 4.79 Å². The number of halogens is 2. The Hall–Kier alpha value is -3.71. The van der Waals surface area contributed by atoms with E-state index in [9.17, 15) is 18.1 Å². The van der Waals surface area contributed by atoms with Crippen LogP contribution in [0.15, 0.2) is 60.7 Å². The standard InChI is InChI=1S/C27H25F2N4O3P/c1-32-22-14-21(24-18(26(32)34)5-4-6-23(24)36-27(28)29)33-20-13-16(9-12-19(20)30-25(22)33)15-7-10-17(11-8-15)31-37(2,3)35/h4-13,21-22,27H,14H2,1-3H3,(H,31,35)/t21-,22-/m1/s1. The summed E-state index contributed by atoms with van der Waals surface area (Å²) in [5, 5.41) is 3.03. The van der Waals surface area contributed by atoms with Crippen LogP contribution >= 0.6 is 7.29 Å². The quantitative estimate of drug-likeness (QED) is 0.308. The molecule has 0 saturated carbocycles. The molecule has 2 aliphatic rings. The molecular weight excluding hydrogens is 497 g/mol. The van der Waals surface area contributed by atoms with E-state index in [1.165, 1.54) is 6.07 Å². The number of hydrogen-bond donors (Lipinski definition) is 1. The van der Waals surface area contributed by atoms with E-state index < -0.39 is 13.9 Å². The first-order valence-corrected chi connectivity index (χ1v) is 14.5. The van der Waals surface area contributed by atoms with Crippen LogP contribution < -0.4 is 9.82 Å². The van der Waals surface area contributed by atoms with Crippen LogP contribution in [0.2, 0.25) is 0 Å². The normalized spacial score (nSPS) is 18.6. The van der Waals surface area contributed by atoms with E-state index in [1.54, 1.807) is 37.4 Å². The lowest BCUT2D eigenvalue weighted by Crippen LogP contribution is -2.30. The molecule has 4 aromatic rings. The molecule has 7 nitrogen and oxygen atoms in total. The predicted octanol–water partition coefficient (Wildman–Crippen LogP) is 6.37. The summed E-state index contributed by atoms with van der Waals surface area (Å²) in [5.74, 6) is 0.503. The maximum absolute atomic E-state index is 13.3.